The molecule has 1 N–H and O–H groups in total. The molecule has 5 heteroatoms. The average molecular weight is 361 g/mol. The van der Waals surface area contributed by atoms with Crippen LogP contribution in [0.1, 0.15) is 17.2 Å². The highest BCUT2D eigenvalue weighted by atomic mass is 79.9. The molecule has 0 aliphatic rings. The molecule has 2 aromatic rings. The van der Waals surface area contributed by atoms with Gasteiger partial charge in [0.15, 0.2) is 0 Å². The molecule has 1 nitrogen and oxygen atoms in total. The second-order valence-electron chi connectivity index (χ2n) is 4.42. The summed E-state index contributed by atoms with van der Waals surface area (Å²) in [7, 11) is 1.74. The Morgan fingerprint density at radius 3 is 2.60 bits per heavy atom. The number of benzene rings is 2. The Balaban J connectivity index is 2.34. The molecule has 0 fully saturated rings. The van der Waals surface area contributed by atoms with Crippen LogP contribution in [-0.2, 0) is 6.42 Å². The SMILES string of the molecule is CNC(Cc1ccc(F)cc1Br)c1c(F)cccc1Cl. The highest BCUT2D eigenvalue weighted by molar-refractivity contribution is 9.10. The van der Waals surface area contributed by atoms with Gasteiger partial charge in [0, 0.05) is 21.1 Å². The Morgan fingerprint density at radius 1 is 1.25 bits per heavy atom. The van der Waals surface area contributed by atoms with Crippen LogP contribution >= 0.6 is 27.5 Å². The summed E-state index contributed by atoms with van der Waals surface area (Å²) in [5, 5.41) is 3.43. The van der Waals surface area contributed by atoms with Crippen LogP contribution in [0.15, 0.2) is 40.9 Å². The lowest BCUT2D eigenvalue weighted by atomic mass is 9.98. The molecule has 0 spiro atoms. The largest absolute Gasteiger partial charge is 0.313 e. The molecule has 0 aliphatic heterocycles. The van der Waals surface area contributed by atoms with Gasteiger partial charge in [-0.05, 0) is 43.3 Å². The van der Waals surface area contributed by atoms with Crippen molar-refractivity contribution in [3.05, 3.63) is 68.7 Å². The normalized spacial score (nSPS) is 12.4. The second kappa shape index (κ2) is 6.66. The Labute approximate surface area is 130 Å². The van der Waals surface area contributed by atoms with E-state index < -0.39 is 0 Å². The number of likely N-dealkylation sites (N-methyl/N-ethyl adjacent to an activating group) is 1. The molecule has 0 aromatic heterocycles. The third-order valence-electron chi connectivity index (χ3n) is 3.14. The van der Waals surface area contributed by atoms with E-state index in [1.807, 2.05) is 0 Å². The first-order chi connectivity index (χ1) is 9.52. The molecule has 0 saturated heterocycles. The van der Waals surface area contributed by atoms with Gasteiger partial charge < -0.3 is 5.32 Å². The number of nitrogens with one attached hydrogen (secondary N) is 1. The number of halogens is 4. The lowest BCUT2D eigenvalue weighted by molar-refractivity contribution is 0.533. The van der Waals surface area contributed by atoms with Crippen molar-refractivity contribution in [3.8, 4) is 0 Å². The van der Waals surface area contributed by atoms with E-state index in [2.05, 4.69) is 21.2 Å². The third-order valence-corrected chi connectivity index (χ3v) is 4.20. The van der Waals surface area contributed by atoms with Gasteiger partial charge in [0.25, 0.3) is 0 Å². The van der Waals surface area contributed by atoms with E-state index >= 15 is 0 Å². The molecule has 0 bridgehead atoms. The number of hydrogen-bond acceptors (Lipinski definition) is 1. The predicted molar refractivity (Wildman–Crippen MR) is 81.0 cm³/mol. The molecular formula is C15H13BrClF2N. The average Bonchev–Trinajstić information content (AvgIpc) is 2.39. The van der Waals surface area contributed by atoms with Crippen molar-refractivity contribution in [2.24, 2.45) is 0 Å². The maximum Gasteiger partial charge on any atom is 0.129 e. The summed E-state index contributed by atoms with van der Waals surface area (Å²) in [4.78, 5) is 0. The van der Waals surface area contributed by atoms with E-state index in [1.165, 1.54) is 18.2 Å². The van der Waals surface area contributed by atoms with Gasteiger partial charge in [-0.25, -0.2) is 8.78 Å². The van der Waals surface area contributed by atoms with E-state index in [4.69, 9.17) is 11.6 Å². The van der Waals surface area contributed by atoms with Crippen LogP contribution in [0.2, 0.25) is 5.02 Å². The van der Waals surface area contributed by atoms with Crippen molar-refractivity contribution in [3.63, 3.8) is 0 Å². The van der Waals surface area contributed by atoms with Crippen LogP contribution in [0.4, 0.5) is 8.78 Å². The van der Waals surface area contributed by atoms with Gasteiger partial charge in [-0.3, -0.25) is 0 Å². The zero-order chi connectivity index (χ0) is 14.7. The first kappa shape index (κ1) is 15.4. The fourth-order valence-corrected chi connectivity index (χ4v) is 2.91. The van der Waals surface area contributed by atoms with Gasteiger partial charge >= 0.3 is 0 Å². The molecule has 1 atom stereocenters. The molecule has 106 valence electrons. The van der Waals surface area contributed by atoms with Crippen molar-refractivity contribution < 1.29 is 8.78 Å². The molecule has 2 aromatic carbocycles. The molecular weight excluding hydrogens is 348 g/mol. The Bertz CT molecular complexity index is 599. The summed E-state index contributed by atoms with van der Waals surface area (Å²) in [6.07, 6.45) is 0.498. The van der Waals surface area contributed by atoms with Crippen LogP contribution in [0.5, 0.6) is 0 Å². The van der Waals surface area contributed by atoms with Gasteiger partial charge in [-0.15, -0.1) is 0 Å². The molecule has 1 unspecified atom stereocenters. The summed E-state index contributed by atoms with van der Waals surface area (Å²) in [6, 6.07) is 8.78. The first-order valence-electron chi connectivity index (χ1n) is 6.08. The summed E-state index contributed by atoms with van der Waals surface area (Å²) < 4.78 is 27.7. The van der Waals surface area contributed by atoms with Gasteiger partial charge in [0.2, 0.25) is 0 Å². The summed E-state index contributed by atoms with van der Waals surface area (Å²) in [5.74, 6) is -0.666. The second-order valence-corrected chi connectivity index (χ2v) is 5.68. The van der Waals surface area contributed by atoms with Crippen molar-refractivity contribution >= 4 is 27.5 Å². The molecule has 0 radical (unpaired) electrons. The molecule has 0 amide bonds. The van der Waals surface area contributed by atoms with Gasteiger partial charge in [0.05, 0.1) is 0 Å². The predicted octanol–water partition coefficient (Wildman–Crippen LogP) is 4.88. The monoisotopic (exact) mass is 359 g/mol. The topological polar surface area (TPSA) is 12.0 Å². The third kappa shape index (κ3) is 3.37. The smallest absolute Gasteiger partial charge is 0.129 e. The van der Waals surface area contributed by atoms with Crippen LogP contribution in [0, 0.1) is 11.6 Å². The van der Waals surface area contributed by atoms with Crippen LogP contribution in [-0.4, -0.2) is 7.05 Å². The van der Waals surface area contributed by atoms with E-state index in [0.29, 0.717) is 21.5 Å². The van der Waals surface area contributed by atoms with Crippen molar-refractivity contribution in [2.45, 2.75) is 12.5 Å². The minimum Gasteiger partial charge on any atom is -0.313 e. The highest BCUT2D eigenvalue weighted by Gasteiger charge is 2.19. The fraction of sp³-hybridized carbons (Fsp3) is 0.200. The van der Waals surface area contributed by atoms with E-state index in [9.17, 15) is 8.78 Å². The summed E-state index contributed by atoms with van der Waals surface area (Å²) in [6.45, 7) is 0. The van der Waals surface area contributed by atoms with Gasteiger partial charge in [-0.2, -0.15) is 0 Å². The summed E-state index contributed by atoms with van der Waals surface area (Å²) in [5.41, 5.74) is 1.30. The maximum absolute atomic E-state index is 14.0. The summed E-state index contributed by atoms with van der Waals surface area (Å²) >= 11 is 9.40. The van der Waals surface area contributed by atoms with Crippen molar-refractivity contribution in [1.29, 1.82) is 0 Å². The Hall–Kier alpha value is -0.970. The van der Waals surface area contributed by atoms with Gasteiger partial charge in [0.1, 0.15) is 11.6 Å². The number of rotatable bonds is 4. The van der Waals surface area contributed by atoms with Gasteiger partial charge in [-0.1, -0.05) is 39.7 Å². The molecule has 20 heavy (non-hydrogen) atoms. The highest BCUT2D eigenvalue weighted by Crippen LogP contribution is 2.30. The molecule has 0 heterocycles. The first-order valence-corrected chi connectivity index (χ1v) is 7.25. The van der Waals surface area contributed by atoms with Crippen LogP contribution < -0.4 is 5.32 Å². The Kier molecular flexibility index (Phi) is 5.13. The zero-order valence-corrected chi connectivity index (χ0v) is 13.1. The Morgan fingerprint density at radius 2 is 2.00 bits per heavy atom. The molecule has 0 aliphatic carbocycles. The van der Waals surface area contributed by atoms with Crippen molar-refractivity contribution in [2.75, 3.05) is 7.05 Å². The lowest BCUT2D eigenvalue weighted by Gasteiger charge is -2.19. The standard InChI is InChI=1S/C15H13BrClF2N/c1-20-14(15-12(17)3-2-4-13(15)19)7-9-5-6-10(18)8-11(9)16/h2-6,8,14,20H,7H2,1H3. The lowest BCUT2D eigenvalue weighted by Crippen LogP contribution is -2.20. The fourth-order valence-electron chi connectivity index (χ4n) is 2.10. The van der Waals surface area contributed by atoms with E-state index in [-0.39, 0.29) is 17.7 Å². The zero-order valence-electron chi connectivity index (χ0n) is 10.8. The van der Waals surface area contributed by atoms with E-state index in [0.717, 1.165) is 5.56 Å². The molecule has 2 rings (SSSR count). The minimum absolute atomic E-state index is 0.287. The van der Waals surface area contributed by atoms with E-state index in [1.54, 1.807) is 25.2 Å². The quantitative estimate of drug-likeness (QED) is 0.819. The molecule has 0 saturated carbocycles. The van der Waals surface area contributed by atoms with Crippen molar-refractivity contribution in [1.82, 2.24) is 5.32 Å². The maximum atomic E-state index is 14.0. The number of hydrogen-bond donors (Lipinski definition) is 1. The van der Waals surface area contributed by atoms with Crippen LogP contribution in [0.25, 0.3) is 0 Å². The minimum atomic E-state index is -0.352. The van der Waals surface area contributed by atoms with Crippen LogP contribution in [0.3, 0.4) is 0 Å².